The van der Waals surface area contributed by atoms with Crippen LogP contribution in [-0.4, -0.2) is 35.4 Å². The molecule has 0 spiro atoms. The minimum atomic E-state index is -0.758. The normalized spacial score (nSPS) is 24.5. The molecule has 29 heavy (non-hydrogen) atoms. The monoisotopic (exact) mass is 384 g/mol. The molecule has 0 aliphatic carbocycles. The molecule has 0 saturated carbocycles. The van der Waals surface area contributed by atoms with Gasteiger partial charge in [-0.05, 0) is 11.1 Å². The summed E-state index contributed by atoms with van der Waals surface area (Å²) in [7, 11) is 0. The Labute approximate surface area is 171 Å². The van der Waals surface area contributed by atoms with Gasteiger partial charge in [0.1, 0.15) is 0 Å². The Morgan fingerprint density at radius 2 is 1.48 bits per heavy atom. The minimum absolute atomic E-state index is 0.0669. The van der Waals surface area contributed by atoms with Crippen LogP contribution in [0.15, 0.2) is 91.0 Å². The quantitative estimate of drug-likeness (QED) is 0.683. The molecule has 0 aromatic heterocycles. The summed E-state index contributed by atoms with van der Waals surface area (Å²) in [4.78, 5) is 17.6. The molecule has 5 rings (SSSR count). The number of carbonyl (C=O) groups is 1. The van der Waals surface area contributed by atoms with Crippen LogP contribution in [0, 0.1) is 0 Å². The number of benzene rings is 3. The van der Waals surface area contributed by atoms with Crippen molar-refractivity contribution in [3.05, 3.63) is 108 Å². The lowest BCUT2D eigenvalue weighted by Crippen LogP contribution is -2.60. The lowest BCUT2D eigenvalue weighted by molar-refractivity contribution is -0.173. The standard InChI is InChI=1S/C25H24N2O2/c28-24-17-26(16-20-10-4-1-5-11-20)19-25(22-14-8-3-9-15-22)27(24)23(18-29-25)21-12-6-2-7-13-21/h1-15,23H,16-19H2/t23-,25+/m0/s1. The van der Waals surface area contributed by atoms with Crippen LogP contribution in [0.3, 0.4) is 0 Å². The van der Waals surface area contributed by atoms with E-state index in [0.717, 1.165) is 17.7 Å². The zero-order valence-corrected chi connectivity index (χ0v) is 16.3. The number of rotatable bonds is 4. The Balaban J connectivity index is 1.53. The molecule has 146 valence electrons. The summed E-state index contributed by atoms with van der Waals surface area (Å²) in [5.41, 5.74) is 2.60. The Hall–Kier alpha value is -2.95. The highest BCUT2D eigenvalue weighted by atomic mass is 16.5. The average Bonchev–Trinajstić information content (AvgIpc) is 3.17. The van der Waals surface area contributed by atoms with Crippen molar-refractivity contribution >= 4 is 5.91 Å². The van der Waals surface area contributed by atoms with Gasteiger partial charge in [-0.15, -0.1) is 0 Å². The van der Waals surface area contributed by atoms with Crippen LogP contribution >= 0.6 is 0 Å². The summed E-state index contributed by atoms with van der Waals surface area (Å²) in [6, 6.07) is 30.6. The molecule has 0 N–H and O–H groups in total. The number of nitrogens with zero attached hydrogens (tertiary/aromatic N) is 2. The molecular formula is C25H24N2O2. The molecule has 1 amide bonds. The largest absolute Gasteiger partial charge is 0.347 e. The average molecular weight is 384 g/mol. The topological polar surface area (TPSA) is 32.8 Å². The Morgan fingerprint density at radius 1 is 0.862 bits per heavy atom. The van der Waals surface area contributed by atoms with Gasteiger partial charge in [-0.1, -0.05) is 91.0 Å². The molecule has 4 nitrogen and oxygen atoms in total. The predicted octanol–water partition coefficient (Wildman–Crippen LogP) is 3.96. The van der Waals surface area contributed by atoms with E-state index < -0.39 is 5.72 Å². The number of hydrogen-bond donors (Lipinski definition) is 0. The number of amides is 1. The van der Waals surface area contributed by atoms with Gasteiger partial charge in [-0.2, -0.15) is 0 Å². The van der Waals surface area contributed by atoms with E-state index in [2.05, 4.69) is 41.3 Å². The number of hydrogen-bond acceptors (Lipinski definition) is 3. The Kier molecular flexibility index (Phi) is 4.66. The molecular weight excluding hydrogens is 360 g/mol. The molecule has 2 aliphatic rings. The fraction of sp³-hybridized carbons (Fsp3) is 0.240. The number of carbonyl (C=O) groups excluding carboxylic acids is 1. The van der Waals surface area contributed by atoms with Crippen LogP contribution in [0.4, 0.5) is 0 Å². The van der Waals surface area contributed by atoms with E-state index in [9.17, 15) is 4.79 Å². The molecule has 2 saturated heterocycles. The Bertz CT molecular complexity index is 977. The molecule has 2 atom stereocenters. The third-order valence-electron chi connectivity index (χ3n) is 5.90. The Morgan fingerprint density at radius 3 is 2.17 bits per heavy atom. The van der Waals surface area contributed by atoms with Gasteiger partial charge in [0.2, 0.25) is 5.91 Å². The van der Waals surface area contributed by atoms with Gasteiger partial charge in [0, 0.05) is 12.1 Å². The molecule has 2 heterocycles. The van der Waals surface area contributed by atoms with Crippen molar-refractivity contribution in [3.8, 4) is 0 Å². The second-order valence-corrected chi connectivity index (χ2v) is 7.78. The van der Waals surface area contributed by atoms with Gasteiger partial charge in [0.25, 0.3) is 0 Å². The summed E-state index contributed by atoms with van der Waals surface area (Å²) >= 11 is 0. The molecule has 4 heteroatoms. The van der Waals surface area contributed by atoms with Gasteiger partial charge < -0.3 is 4.74 Å². The predicted molar refractivity (Wildman–Crippen MR) is 112 cm³/mol. The maximum absolute atomic E-state index is 13.4. The summed E-state index contributed by atoms with van der Waals surface area (Å²) in [5, 5.41) is 0. The fourth-order valence-electron chi connectivity index (χ4n) is 4.62. The number of ether oxygens (including phenoxy) is 1. The van der Waals surface area contributed by atoms with Crippen molar-refractivity contribution in [1.29, 1.82) is 0 Å². The molecule has 2 fully saturated rings. The highest BCUT2D eigenvalue weighted by Gasteiger charge is 2.55. The third-order valence-corrected chi connectivity index (χ3v) is 5.90. The van der Waals surface area contributed by atoms with Crippen LogP contribution in [0.2, 0.25) is 0 Å². The van der Waals surface area contributed by atoms with Crippen LogP contribution in [-0.2, 0) is 21.8 Å². The van der Waals surface area contributed by atoms with Crippen LogP contribution in [0.1, 0.15) is 22.7 Å². The number of fused-ring (bicyclic) bond motifs is 1. The fourth-order valence-corrected chi connectivity index (χ4v) is 4.62. The van der Waals surface area contributed by atoms with Crippen molar-refractivity contribution in [2.24, 2.45) is 0 Å². The van der Waals surface area contributed by atoms with Crippen LogP contribution < -0.4 is 0 Å². The van der Waals surface area contributed by atoms with Crippen LogP contribution in [0.25, 0.3) is 0 Å². The second kappa shape index (κ2) is 7.47. The highest BCUT2D eigenvalue weighted by Crippen LogP contribution is 2.46. The zero-order chi connectivity index (χ0) is 19.7. The maximum Gasteiger partial charge on any atom is 0.239 e. The summed E-state index contributed by atoms with van der Waals surface area (Å²) < 4.78 is 6.50. The third kappa shape index (κ3) is 3.24. The van der Waals surface area contributed by atoms with E-state index in [1.807, 2.05) is 59.5 Å². The minimum Gasteiger partial charge on any atom is -0.347 e. The highest BCUT2D eigenvalue weighted by molar-refractivity contribution is 5.81. The number of piperazine rings is 1. The van der Waals surface area contributed by atoms with E-state index in [1.165, 1.54) is 5.56 Å². The van der Waals surface area contributed by atoms with Gasteiger partial charge in [-0.25, -0.2) is 0 Å². The molecule has 3 aromatic rings. The van der Waals surface area contributed by atoms with Crippen molar-refractivity contribution in [2.75, 3.05) is 19.7 Å². The van der Waals surface area contributed by atoms with Gasteiger partial charge in [0.05, 0.1) is 25.7 Å². The molecule has 0 radical (unpaired) electrons. The summed E-state index contributed by atoms with van der Waals surface area (Å²) in [5.74, 6) is 0.113. The van der Waals surface area contributed by atoms with Crippen molar-refractivity contribution < 1.29 is 9.53 Å². The van der Waals surface area contributed by atoms with Crippen LogP contribution in [0.5, 0.6) is 0 Å². The van der Waals surface area contributed by atoms with E-state index in [4.69, 9.17) is 4.74 Å². The van der Waals surface area contributed by atoms with Crippen molar-refractivity contribution in [3.63, 3.8) is 0 Å². The van der Waals surface area contributed by atoms with Crippen molar-refractivity contribution in [2.45, 2.75) is 18.3 Å². The first-order valence-corrected chi connectivity index (χ1v) is 10.1. The van der Waals surface area contributed by atoms with Crippen molar-refractivity contribution in [1.82, 2.24) is 9.80 Å². The SMILES string of the molecule is O=C1CN(Cc2ccccc2)C[C@]2(c3ccccc3)OC[C@@H](c3ccccc3)N12. The zero-order valence-electron chi connectivity index (χ0n) is 16.3. The molecule has 2 aliphatic heterocycles. The van der Waals surface area contributed by atoms with E-state index in [1.54, 1.807) is 0 Å². The molecule has 0 bridgehead atoms. The lowest BCUT2D eigenvalue weighted by Gasteiger charge is -2.47. The van der Waals surface area contributed by atoms with E-state index in [-0.39, 0.29) is 11.9 Å². The second-order valence-electron chi connectivity index (χ2n) is 7.78. The summed E-state index contributed by atoms with van der Waals surface area (Å²) in [6.07, 6.45) is 0. The molecule has 0 unspecified atom stereocenters. The van der Waals surface area contributed by atoms with Gasteiger partial charge >= 0.3 is 0 Å². The van der Waals surface area contributed by atoms with E-state index >= 15 is 0 Å². The maximum atomic E-state index is 13.4. The molecule has 3 aromatic carbocycles. The summed E-state index contributed by atoms with van der Waals surface area (Å²) in [6.45, 7) is 2.29. The first kappa shape index (κ1) is 18.1. The smallest absolute Gasteiger partial charge is 0.239 e. The first-order chi connectivity index (χ1) is 14.3. The lowest BCUT2D eigenvalue weighted by atomic mass is 9.95. The van der Waals surface area contributed by atoms with Gasteiger partial charge in [-0.3, -0.25) is 14.6 Å². The van der Waals surface area contributed by atoms with Gasteiger partial charge in [0.15, 0.2) is 5.72 Å². The van der Waals surface area contributed by atoms with E-state index in [0.29, 0.717) is 19.7 Å². The first-order valence-electron chi connectivity index (χ1n) is 10.1.